The van der Waals surface area contributed by atoms with Crippen molar-refractivity contribution in [3.63, 3.8) is 0 Å². The molecule has 1 amide bonds. The van der Waals surface area contributed by atoms with Crippen molar-refractivity contribution in [3.05, 3.63) is 42.6 Å². The molecule has 0 saturated heterocycles. The number of aromatic nitrogens is 2. The normalized spacial score (nSPS) is 13.0. The van der Waals surface area contributed by atoms with Gasteiger partial charge in [0.15, 0.2) is 0 Å². The summed E-state index contributed by atoms with van der Waals surface area (Å²) in [6.45, 7) is 10.1. The lowest BCUT2D eigenvalue weighted by Crippen LogP contribution is -2.34. The van der Waals surface area contributed by atoms with Crippen LogP contribution in [0.4, 0.5) is 5.00 Å². The van der Waals surface area contributed by atoms with Gasteiger partial charge in [0.2, 0.25) is 5.91 Å². The van der Waals surface area contributed by atoms with E-state index in [1.165, 1.54) is 32.1 Å². The third-order valence-corrected chi connectivity index (χ3v) is 8.52. The molecular formula is C23H27N5O2S2. The van der Waals surface area contributed by atoms with Crippen molar-refractivity contribution in [2.75, 3.05) is 18.4 Å². The van der Waals surface area contributed by atoms with Gasteiger partial charge in [-0.05, 0) is 57.3 Å². The highest BCUT2D eigenvalue weighted by molar-refractivity contribution is 7.18. The van der Waals surface area contributed by atoms with Crippen LogP contribution in [-0.2, 0) is 30.7 Å². The number of nitrogens with zero attached hydrogens (tertiary/aromatic N) is 4. The smallest absolute Gasteiger partial charge is 0.263 e. The summed E-state index contributed by atoms with van der Waals surface area (Å²) in [6, 6.07) is 2.25. The molecule has 168 valence electrons. The Labute approximate surface area is 195 Å². The number of anilines is 1. The summed E-state index contributed by atoms with van der Waals surface area (Å²) in [7, 11) is 0. The topological polar surface area (TPSA) is 91.0 Å². The summed E-state index contributed by atoms with van der Waals surface area (Å²) in [5, 5.41) is 13.7. The highest BCUT2D eigenvalue weighted by Crippen LogP contribution is 2.38. The Bertz CT molecular complexity index is 1290. The first-order valence-corrected chi connectivity index (χ1v) is 12.6. The molecule has 0 saturated carbocycles. The highest BCUT2D eigenvalue weighted by Gasteiger charge is 2.24. The number of hydrogen-bond acceptors (Lipinski definition) is 7. The third-order valence-electron chi connectivity index (χ3n) is 6.22. The van der Waals surface area contributed by atoms with Crippen LogP contribution in [0.15, 0.2) is 4.79 Å². The lowest BCUT2D eigenvalue weighted by atomic mass is 10.1. The van der Waals surface area contributed by atoms with E-state index in [9.17, 15) is 14.9 Å². The quantitative estimate of drug-likeness (QED) is 0.565. The van der Waals surface area contributed by atoms with Crippen LogP contribution in [0.2, 0.25) is 0 Å². The van der Waals surface area contributed by atoms with Crippen molar-refractivity contribution in [1.29, 1.82) is 5.26 Å². The standard InChI is InChI=1S/C23H27N5O2S2/c1-5-27(6-2)11-18-25-22-20(13(3)14(4)31-22)23(30)28(18)12-19(29)26-21-16(10-24)15-8-7-9-17(15)32-21/h5-9,11-12H2,1-4H3,(H,26,29). The van der Waals surface area contributed by atoms with Gasteiger partial charge in [0.05, 0.1) is 17.5 Å². The zero-order chi connectivity index (χ0) is 23.0. The fourth-order valence-corrected chi connectivity index (χ4v) is 6.52. The molecule has 0 atom stereocenters. The highest BCUT2D eigenvalue weighted by atomic mass is 32.1. The van der Waals surface area contributed by atoms with E-state index in [-0.39, 0.29) is 18.0 Å². The Morgan fingerprint density at radius 1 is 1.25 bits per heavy atom. The first-order chi connectivity index (χ1) is 15.4. The van der Waals surface area contributed by atoms with Crippen LogP contribution in [0.5, 0.6) is 0 Å². The van der Waals surface area contributed by atoms with E-state index in [0.29, 0.717) is 28.3 Å². The average molecular weight is 470 g/mol. The molecule has 0 bridgehead atoms. The zero-order valence-corrected chi connectivity index (χ0v) is 20.5. The van der Waals surface area contributed by atoms with E-state index in [4.69, 9.17) is 4.98 Å². The fraction of sp³-hybridized carbons (Fsp3) is 0.478. The second-order valence-electron chi connectivity index (χ2n) is 8.07. The van der Waals surface area contributed by atoms with Crippen molar-refractivity contribution in [3.8, 4) is 6.07 Å². The Morgan fingerprint density at radius 2 is 2.00 bits per heavy atom. The van der Waals surface area contributed by atoms with Crippen LogP contribution in [0.25, 0.3) is 10.2 Å². The largest absolute Gasteiger partial charge is 0.315 e. The van der Waals surface area contributed by atoms with E-state index < -0.39 is 0 Å². The Hall–Kier alpha value is -2.54. The summed E-state index contributed by atoms with van der Waals surface area (Å²) in [4.78, 5) is 36.4. The van der Waals surface area contributed by atoms with Gasteiger partial charge in [-0.1, -0.05) is 13.8 Å². The molecule has 0 aliphatic heterocycles. The number of aryl methyl sites for hydroxylation is 3. The molecule has 3 heterocycles. The van der Waals surface area contributed by atoms with Gasteiger partial charge in [0.1, 0.15) is 28.3 Å². The molecule has 1 N–H and O–H groups in total. The summed E-state index contributed by atoms with van der Waals surface area (Å²) in [6.07, 6.45) is 2.89. The maximum Gasteiger partial charge on any atom is 0.263 e. The number of amides is 1. The molecule has 3 aromatic rings. The molecule has 7 nitrogen and oxygen atoms in total. The number of carbonyl (C=O) groups is 1. The van der Waals surface area contributed by atoms with Gasteiger partial charge in [0.25, 0.3) is 5.56 Å². The van der Waals surface area contributed by atoms with Gasteiger partial charge in [0, 0.05) is 9.75 Å². The van der Waals surface area contributed by atoms with Crippen LogP contribution < -0.4 is 10.9 Å². The number of thiophene rings is 2. The van der Waals surface area contributed by atoms with Crippen LogP contribution in [0, 0.1) is 25.2 Å². The first-order valence-electron chi connectivity index (χ1n) is 10.9. The average Bonchev–Trinajstić information content (AvgIpc) is 3.42. The summed E-state index contributed by atoms with van der Waals surface area (Å²) < 4.78 is 1.50. The monoisotopic (exact) mass is 469 g/mol. The van der Waals surface area contributed by atoms with Crippen molar-refractivity contribution < 1.29 is 4.79 Å². The van der Waals surface area contributed by atoms with Gasteiger partial charge in [-0.3, -0.25) is 19.1 Å². The number of rotatable bonds is 7. The second-order valence-corrected chi connectivity index (χ2v) is 10.4. The lowest BCUT2D eigenvalue weighted by molar-refractivity contribution is -0.116. The summed E-state index contributed by atoms with van der Waals surface area (Å²) in [5.41, 5.74) is 2.39. The molecule has 32 heavy (non-hydrogen) atoms. The van der Waals surface area contributed by atoms with Crippen molar-refractivity contribution in [1.82, 2.24) is 14.5 Å². The van der Waals surface area contributed by atoms with Gasteiger partial charge in [-0.2, -0.15) is 5.26 Å². The molecular weight excluding hydrogens is 442 g/mol. The minimum Gasteiger partial charge on any atom is -0.315 e. The number of carbonyl (C=O) groups excluding carboxylic acids is 1. The Balaban J connectivity index is 1.70. The number of hydrogen-bond donors (Lipinski definition) is 1. The minimum absolute atomic E-state index is 0.125. The summed E-state index contributed by atoms with van der Waals surface area (Å²) >= 11 is 3.00. The van der Waals surface area contributed by atoms with E-state index in [0.717, 1.165) is 53.2 Å². The molecule has 0 radical (unpaired) electrons. The van der Waals surface area contributed by atoms with Crippen LogP contribution in [0.3, 0.4) is 0 Å². The second kappa shape index (κ2) is 9.14. The zero-order valence-electron chi connectivity index (χ0n) is 18.9. The van der Waals surface area contributed by atoms with Crippen LogP contribution >= 0.6 is 22.7 Å². The maximum atomic E-state index is 13.4. The molecule has 0 spiro atoms. The predicted molar refractivity (Wildman–Crippen MR) is 130 cm³/mol. The predicted octanol–water partition coefficient (Wildman–Crippen LogP) is 3.98. The van der Waals surface area contributed by atoms with Gasteiger partial charge < -0.3 is 5.32 Å². The molecule has 0 fully saturated rings. The van der Waals surface area contributed by atoms with Crippen molar-refractivity contribution in [2.45, 2.75) is 60.0 Å². The molecule has 1 aliphatic rings. The first kappa shape index (κ1) is 22.6. The van der Waals surface area contributed by atoms with Crippen LogP contribution in [0.1, 0.15) is 52.5 Å². The third kappa shape index (κ3) is 3.98. The summed E-state index contributed by atoms with van der Waals surface area (Å²) in [5.74, 6) is 0.284. The maximum absolute atomic E-state index is 13.4. The van der Waals surface area contributed by atoms with E-state index in [2.05, 4.69) is 30.1 Å². The SMILES string of the molecule is CCN(CC)Cc1nc2sc(C)c(C)c2c(=O)n1CC(=O)Nc1sc2c(c1C#N)CCC2. The molecule has 0 unspecified atom stereocenters. The van der Waals surface area contributed by atoms with E-state index >= 15 is 0 Å². The van der Waals surface area contributed by atoms with E-state index in [1.54, 1.807) is 0 Å². The van der Waals surface area contributed by atoms with E-state index in [1.807, 2.05) is 13.8 Å². The Morgan fingerprint density at radius 3 is 2.69 bits per heavy atom. The minimum atomic E-state index is -0.310. The van der Waals surface area contributed by atoms with Gasteiger partial charge in [-0.15, -0.1) is 22.7 Å². The Kier molecular flexibility index (Phi) is 6.47. The van der Waals surface area contributed by atoms with Crippen molar-refractivity contribution in [2.24, 2.45) is 0 Å². The van der Waals surface area contributed by atoms with Crippen molar-refractivity contribution >= 4 is 43.8 Å². The molecule has 0 aromatic carbocycles. The number of fused-ring (bicyclic) bond motifs is 2. The lowest BCUT2D eigenvalue weighted by Gasteiger charge is -2.20. The molecule has 1 aliphatic carbocycles. The molecule has 4 rings (SSSR count). The number of nitrogens with one attached hydrogen (secondary N) is 1. The van der Waals surface area contributed by atoms with Gasteiger partial charge >= 0.3 is 0 Å². The van der Waals surface area contributed by atoms with Crippen LogP contribution in [-0.4, -0.2) is 33.4 Å². The van der Waals surface area contributed by atoms with Gasteiger partial charge in [-0.25, -0.2) is 4.98 Å². The molecule has 9 heteroatoms. The fourth-order valence-electron chi connectivity index (χ4n) is 4.22. The number of nitriles is 1. The molecule has 3 aromatic heterocycles.